The molecule has 0 spiro atoms. The van der Waals surface area contributed by atoms with Crippen LogP contribution in [0.4, 0.5) is 5.69 Å². The molecule has 6 heteroatoms. The quantitative estimate of drug-likeness (QED) is 0.845. The highest BCUT2D eigenvalue weighted by atomic mass is 35.5. The van der Waals surface area contributed by atoms with Crippen LogP contribution < -0.4 is 5.32 Å². The molecule has 0 saturated carbocycles. The van der Waals surface area contributed by atoms with Gasteiger partial charge in [0.2, 0.25) is 11.8 Å². The normalized spacial score (nSPS) is 10.4. The minimum atomic E-state index is -0.255. The van der Waals surface area contributed by atoms with E-state index in [0.29, 0.717) is 15.6 Å². The summed E-state index contributed by atoms with van der Waals surface area (Å²) < 4.78 is 0. The summed E-state index contributed by atoms with van der Waals surface area (Å²) in [5.74, 6) is -0.485. The molecule has 1 N–H and O–H groups in total. The Morgan fingerprint density at radius 3 is 2.28 bits per heavy atom. The van der Waals surface area contributed by atoms with Crippen LogP contribution in [0, 0.1) is 13.8 Å². The lowest BCUT2D eigenvalue weighted by Crippen LogP contribution is -2.36. The lowest BCUT2D eigenvalue weighted by atomic mass is 10.1. The van der Waals surface area contributed by atoms with E-state index in [1.807, 2.05) is 32.0 Å². The molecular formula is C19H20Cl2N2O2. The third-order valence-corrected chi connectivity index (χ3v) is 4.78. The predicted molar refractivity (Wildman–Crippen MR) is 102 cm³/mol. The van der Waals surface area contributed by atoms with E-state index in [2.05, 4.69) is 5.32 Å². The lowest BCUT2D eigenvalue weighted by Gasteiger charge is -2.18. The van der Waals surface area contributed by atoms with Gasteiger partial charge in [0.25, 0.3) is 0 Å². The second-order valence-electron chi connectivity index (χ2n) is 5.92. The summed E-state index contributed by atoms with van der Waals surface area (Å²) >= 11 is 12.2. The molecule has 2 amide bonds. The Hall–Kier alpha value is -2.04. The zero-order chi connectivity index (χ0) is 18.6. The van der Waals surface area contributed by atoms with Gasteiger partial charge in [0.1, 0.15) is 0 Å². The summed E-state index contributed by atoms with van der Waals surface area (Å²) in [6.45, 7) is 3.88. The Bertz CT molecular complexity index is 786. The van der Waals surface area contributed by atoms with Crippen molar-refractivity contribution in [1.82, 2.24) is 4.90 Å². The largest absolute Gasteiger partial charge is 0.336 e. The van der Waals surface area contributed by atoms with Crippen LogP contribution in [0.15, 0.2) is 36.4 Å². The van der Waals surface area contributed by atoms with E-state index in [1.54, 1.807) is 25.2 Å². The Morgan fingerprint density at radius 1 is 1.04 bits per heavy atom. The molecule has 0 fully saturated rings. The van der Waals surface area contributed by atoms with Gasteiger partial charge in [-0.2, -0.15) is 0 Å². The summed E-state index contributed by atoms with van der Waals surface area (Å²) in [4.78, 5) is 25.9. The summed E-state index contributed by atoms with van der Waals surface area (Å²) in [5.41, 5.74) is 3.42. The van der Waals surface area contributed by atoms with Gasteiger partial charge in [-0.1, -0.05) is 41.4 Å². The second-order valence-corrected chi connectivity index (χ2v) is 6.74. The van der Waals surface area contributed by atoms with Crippen LogP contribution in [0.1, 0.15) is 16.7 Å². The summed E-state index contributed by atoms with van der Waals surface area (Å²) in [6, 6.07) is 10.8. The van der Waals surface area contributed by atoms with E-state index in [9.17, 15) is 9.59 Å². The third kappa shape index (κ3) is 4.97. The van der Waals surface area contributed by atoms with Gasteiger partial charge in [0, 0.05) is 22.8 Å². The molecular weight excluding hydrogens is 359 g/mol. The van der Waals surface area contributed by atoms with Gasteiger partial charge in [-0.05, 0) is 48.7 Å². The van der Waals surface area contributed by atoms with Crippen molar-refractivity contribution in [2.45, 2.75) is 20.3 Å². The van der Waals surface area contributed by atoms with Crippen molar-refractivity contribution in [3.05, 3.63) is 63.1 Å². The van der Waals surface area contributed by atoms with Crippen LogP contribution in [-0.4, -0.2) is 30.3 Å². The van der Waals surface area contributed by atoms with Crippen molar-refractivity contribution >= 4 is 40.7 Å². The van der Waals surface area contributed by atoms with Gasteiger partial charge in [-0.25, -0.2) is 0 Å². The summed E-state index contributed by atoms with van der Waals surface area (Å²) in [5, 5.41) is 3.72. The van der Waals surface area contributed by atoms with Crippen LogP contribution in [0.25, 0.3) is 0 Å². The fraction of sp³-hybridized carbons (Fsp3) is 0.263. The van der Waals surface area contributed by atoms with E-state index in [1.165, 1.54) is 4.90 Å². The Morgan fingerprint density at radius 2 is 1.64 bits per heavy atom. The molecule has 0 heterocycles. The number of likely N-dealkylation sites (N-methyl/N-ethyl adjacent to an activating group) is 1. The number of aryl methyl sites for hydroxylation is 1. The maximum Gasteiger partial charge on any atom is 0.243 e. The first-order valence-corrected chi connectivity index (χ1v) is 8.58. The zero-order valence-corrected chi connectivity index (χ0v) is 15.9. The lowest BCUT2D eigenvalue weighted by molar-refractivity contribution is -0.132. The highest BCUT2D eigenvalue weighted by molar-refractivity contribution is 6.36. The van der Waals surface area contributed by atoms with E-state index in [0.717, 1.165) is 16.8 Å². The topological polar surface area (TPSA) is 49.4 Å². The molecule has 2 rings (SSSR count). The van der Waals surface area contributed by atoms with Crippen molar-refractivity contribution in [1.29, 1.82) is 0 Å². The Labute approximate surface area is 157 Å². The number of rotatable bonds is 5. The van der Waals surface area contributed by atoms with Gasteiger partial charge in [0.15, 0.2) is 0 Å². The minimum absolute atomic E-state index is 0.0473. The molecule has 0 aliphatic heterocycles. The average Bonchev–Trinajstić information content (AvgIpc) is 2.55. The number of benzene rings is 2. The molecule has 2 aromatic carbocycles. The molecule has 0 aliphatic rings. The van der Waals surface area contributed by atoms with E-state index >= 15 is 0 Å². The molecule has 0 radical (unpaired) electrons. The number of nitrogens with zero attached hydrogens (tertiary/aromatic N) is 1. The number of hydrogen-bond acceptors (Lipinski definition) is 2. The number of halogens is 2. The monoisotopic (exact) mass is 378 g/mol. The standard InChI is InChI=1S/C19H20Cl2N2O2/c1-12-6-4-9-17(13(12)2)22-18(24)11-23(3)19(25)10-14-15(20)7-5-8-16(14)21/h4-9H,10-11H2,1-3H3,(H,22,24). The molecule has 0 bridgehead atoms. The van der Waals surface area contributed by atoms with Crippen LogP contribution >= 0.6 is 23.2 Å². The van der Waals surface area contributed by atoms with Gasteiger partial charge < -0.3 is 10.2 Å². The van der Waals surface area contributed by atoms with Gasteiger partial charge >= 0.3 is 0 Å². The molecule has 0 unspecified atom stereocenters. The first-order valence-electron chi connectivity index (χ1n) is 7.82. The molecule has 132 valence electrons. The van der Waals surface area contributed by atoms with Crippen molar-refractivity contribution in [2.24, 2.45) is 0 Å². The van der Waals surface area contributed by atoms with Crippen LogP contribution in [-0.2, 0) is 16.0 Å². The van der Waals surface area contributed by atoms with E-state index < -0.39 is 0 Å². The number of nitrogens with one attached hydrogen (secondary N) is 1. The molecule has 4 nitrogen and oxygen atoms in total. The fourth-order valence-electron chi connectivity index (χ4n) is 2.37. The predicted octanol–water partition coefficient (Wildman–Crippen LogP) is 4.25. The number of amides is 2. The number of carbonyl (C=O) groups excluding carboxylic acids is 2. The van der Waals surface area contributed by atoms with Crippen LogP contribution in [0.5, 0.6) is 0 Å². The van der Waals surface area contributed by atoms with Crippen molar-refractivity contribution in [3.8, 4) is 0 Å². The van der Waals surface area contributed by atoms with Gasteiger partial charge in [-0.3, -0.25) is 9.59 Å². The van der Waals surface area contributed by atoms with Crippen LogP contribution in [0.2, 0.25) is 10.0 Å². The number of carbonyl (C=O) groups is 2. The fourth-order valence-corrected chi connectivity index (χ4v) is 2.90. The first-order chi connectivity index (χ1) is 11.8. The van der Waals surface area contributed by atoms with Crippen molar-refractivity contribution in [2.75, 3.05) is 18.9 Å². The summed E-state index contributed by atoms with van der Waals surface area (Å²) in [6.07, 6.45) is 0.0474. The van der Waals surface area contributed by atoms with Gasteiger partial charge in [-0.15, -0.1) is 0 Å². The van der Waals surface area contributed by atoms with Crippen LogP contribution in [0.3, 0.4) is 0 Å². The zero-order valence-electron chi connectivity index (χ0n) is 14.4. The number of anilines is 1. The number of hydrogen-bond donors (Lipinski definition) is 1. The minimum Gasteiger partial charge on any atom is -0.336 e. The molecule has 25 heavy (non-hydrogen) atoms. The maximum atomic E-state index is 12.4. The first kappa shape index (κ1) is 19.3. The van der Waals surface area contributed by atoms with Gasteiger partial charge in [0.05, 0.1) is 13.0 Å². The molecule has 0 saturated heterocycles. The van der Waals surface area contributed by atoms with Crippen molar-refractivity contribution in [3.63, 3.8) is 0 Å². The van der Waals surface area contributed by atoms with Crippen molar-refractivity contribution < 1.29 is 9.59 Å². The Kier molecular flexibility index (Phi) is 6.45. The highest BCUT2D eigenvalue weighted by Crippen LogP contribution is 2.25. The molecule has 0 atom stereocenters. The molecule has 0 aliphatic carbocycles. The maximum absolute atomic E-state index is 12.4. The smallest absolute Gasteiger partial charge is 0.243 e. The van der Waals surface area contributed by atoms with E-state index in [-0.39, 0.29) is 24.8 Å². The highest BCUT2D eigenvalue weighted by Gasteiger charge is 2.17. The van der Waals surface area contributed by atoms with E-state index in [4.69, 9.17) is 23.2 Å². The third-order valence-electron chi connectivity index (χ3n) is 4.07. The summed E-state index contributed by atoms with van der Waals surface area (Å²) in [7, 11) is 1.58. The molecule has 0 aromatic heterocycles. The Balaban J connectivity index is 1.99. The SMILES string of the molecule is Cc1cccc(NC(=O)CN(C)C(=O)Cc2c(Cl)cccc2Cl)c1C. The average molecular weight is 379 g/mol. The molecule has 2 aromatic rings. The second kappa shape index (κ2) is 8.37.